The molecule has 0 heterocycles. The first-order chi connectivity index (χ1) is 12.3. The first kappa shape index (κ1) is 18.9. The Balaban J connectivity index is 1.91. The highest BCUT2D eigenvalue weighted by Gasteiger charge is 2.16. The van der Waals surface area contributed by atoms with E-state index in [1.54, 1.807) is 18.2 Å². The van der Waals surface area contributed by atoms with Crippen molar-refractivity contribution in [3.05, 3.63) is 75.8 Å². The highest BCUT2D eigenvalue weighted by molar-refractivity contribution is 5.96. The predicted molar refractivity (Wildman–Crippen MR) is 97.5 cm³/mol. The Hall–Kier alpha value is -3.48. The number of carbonyl (C=O) groups is 2. The van der Waals surface area contributed by atoms with Crippen LogP contribution < -0.4 is 5.32 Å². The van der Waals surface area contributed by atoms with Crippen molar-refractivity contribution in [1.29, 1.82) is 0 Å². The molecule has 26 heavy (non-hydrogen) atoms. The molecule has 0 saturated heterocycles. The molecule has 1 amide bonds. The van der Waals surface area contributed by atoms with Crippen LogP contribution in [0.5, 0.6) is 0 Å². The number of hydrogen-bond acceptors (Lipinski definition) is 5. The Morgan fingerprint density at radius 2 is 1.88 bits per heavy atom. The van der Waals surface area contributed by atoms with Gasteiger partial charge in [0.1, 0.15) is 0 Å². The Morgan fingerprint density at radius 1 is 1.19 bits per heavy atom. The summed E-state index contributed by atoms with van der Waals surface area (Å²) in [6.07, 6.45) is 1.52. The summed E-state index contributed by atoms with van der Waals surface area (Å²) in [7, 11) is 0. The summed E-state index contributed by atoms with van der Waals surface area (Å²) in [6, 6.07) is 13.0. The van der Waals surface area contributed by atoms with Crippen molar-refractivity contribution in [3.8, 4) is 0 Å². The number of ether oxygens (including phenoxy) is 1. The monoisotopic (exact) mass is 354 g/mol. The summed E-state index contributed by atoms with van der Waals surface area (Å²) in [5.41, 5.74) is 2.07. The molecule has 0 fully saturated rings. The van der Waals surface area contributed by atoms with Crippen molar-refractivity contribution < 1.29 is 19.2 Å². The molecule has 0 radical (unpaired) electrons. The van der Waals surface area contributed by atoms with Gasteiger partial charge in [-0.15, -0.1) is 0 Å². The molecule has 134 valence electrons. The first-order valence-corrected chi connectivity index (χ1v) is 7.86. The molecule has 0 unspecified atom stereocenters. The summed E-state index contributed by atoms with van der Waals surface area (Å²) >= 11 is 0. The van der Waals surface area contributed by atoms with Gasteiger partial charge in [0, 0.05) is 23.9 Å². The molecule has 1 N–H and O–H groups in total. The minimum atomic E-state index is -0.987. The third-order valence-corrected chi connectivity index (χ3v) is 3.47. The molecule has 0 aromatic heterocycles. The molecule has 0 spiro atoms. The second-order valence-electron chi connectivity index (χ2n) is 5.62. The van der Waals surface area contributed by atoms with E-state index in [0.29, 0.717) is 11.3 Å². The zero-order valence-electron chi connectivity index (χ0n) is 14.3. The van der Waals surface area contributed by atoms with Crippen molar-refractivity contribution in [3.63, 3.8) is 0 Å². The highest BCUT2D eigenvalue weighted by atomic mass is 16.6. The smallest absolute Gasteiger partial charge is 0.331 e. The predicted octanol–water partition coefficient (Wildman–Crippen LogP) is 3.49. The van der Waals surface area contributed by atoms with Crippen LogP contribution in [-0.2, 0) is 14.3 Å². The molecule has 0 aliphatic heterocycles. The van der Waals surface area contributed by atoms with Crippen molar-refractivity contribution in [2.75, 3.05) is 5.32 Å². The number of non-ortho nitro benzene ring substituents is 1. The number of nitrogens with zero attached hydrogens (tertiary/aromatic N) is 1. The van der Waals surface area contributed by atoms with Crippen LogP contribution in [0.25, 0.3) is 6.08 Å². The lowest BCUT2D eigenvalue weighted by atomic mass is 10.2. The summed E-state index contributed by atoms with van der Waals surface area (Å²) in [4.78, 5) is 34.1. The van der Waals surface area contributed by atoms with Crippen LogP contribution in [0.1, 0.15) is 18.1 Å². The van der Waals surface area contributed by atoms with Gasteiger partial charge in [0.05, 0.1) is 4.92 Å². The number of nitro benzene ring substituents is 1. The fourth-order valence-electron chi connectivity index (χ4n) is 2.05. The second kappa shape index (κ2) is 8.57. The van der Waals surface area contributed by atoms with Crippen LogP contribution in [0.2, 0.25) is 0 Å². The van der Waals surface area contributed by atoms with E-state index in [4.69, 9.17) is 4.74 Å². The average molecular weight is 354 g/mol. The van der Waals surface area contributed by atoms with E-state index in [9.17, 15) is 19.7 Å². The molecule has 0 aliphatic rings. The molecule has 2 aromatic carbocycles. The SMILES string of the molecule is Cc1ccc(NC(=O)[C@@H](C)OC(=O)/C=C/c2cccc([N+](=O)[O-])c2)cc1. The Labute approximate surface area is 150 Å². The van der Waals surface area contributed by atoms with Crippen LogP contribution in [0.3, 0.4) is 0 Å². The van der Waals surface area contributed by atoms with Crippen molar-refractivity contribution >= 4 is 29.3 Å². The Morgan fingerprint density at radius 3 is 2.54 bits per heavy atom. The van der Waals surface area contributed by atoms with Gasteiger partial charge < -0.3 is 10.1 Å². The Kier molecular flexibility index (Phi) is 6.21. The molecular weight excluding hydrogens is 336 g/mol. The molecular formula is C19H18N2O5. The van der Waals surface area contributed by atoms with Gasteiger partial charge >= 0.3 is 5.97 Å². The van der Waals surface area contributed by atoms with Gasteiger partial charge in [0.25, 0.3) is 11.6 Å². The number of aryl methyl sites for hydroxylation is 1. The maximum Gasteiger partial charge on any atom is 0.331 e. The van der Waals surface area contributed by atoms with Crippen molar-refractivity contribution in [1.82, 2.24) is 0 Å². The van der Waals surface area contributed by atoms with E-state index in [0.717, 1.165) is 11.6 Å². The summed E-state index contributed by atoms with van der Waals surface area (Å²) in [5.74, 6) is -1.17. The van der Waals surface area contributed by atoms with Gasteiger partial charge in [0.2, 0.25) is 0 Å². The largest absolute Gasteiger partial charge is 0.449 e. The van der Waals surface area contributed by atoms with Crippen LogP contribution in [0.4, 0.5) is 11.4 Å². The third-order valence-electron chi connectivity index (χ3n) is 3.47. The number of esters is 1. The summed E-state index contributed by atoms with van der Waals surface area (Å²) in [6.45, 7) is 3.40. The van der Waals surface area contributed by atoms with Gasteiger partial charge in [0.15, 0.2) is 6.10 Å². The standard InChI is InChI=1S/C19H18N2O5/c1-13-6-9-16(10-7-13)20-19(23)14(2)26-18(22)11-8-15-4-3-5-17(12-15)21(24)25/h3-12,14H,1-2H3,(H,20,23)/b11-8+/t14-/m1/s1. The van der Waals surface area contributed by atoms with Crippen LogP contribution in [0.15, 0.2) is 54.6 Å². The lowest BCUT2D eigenvalue weighted by molar-refractivity contribution is -0.384. The number of nitrogens with one attached hydrogen (secondary N) is 1. The van der Waals surface area contributed by atoms with Crippen molar-refractivity contribution in [2.24, 2.45) is 0 Å². The minimum absolute atomic E-state index is 0.0774. The van der Waals surface area contributed by atoms with E-state index in [2.05, 4.69) is 5.32 Å². The second-order valence-corrected chi connectivity index (χ2v) is 5.62. The molecule has 0 saturated carbocycles. The number of anilines is 1. The molecule has 0 aliphatic carbocycles. The normalized spacial score (nSPS) is 11.8. The number of hydrogen-bond donors (Lipinski definition) is 1. The first-order valence-electron chi connectivity index (χ1n) is 7.86. The fraction of sp³-hybridized carbons (Fsp3) is 0.158. The molecule has 7 heteroatoms. The number of benzene rings is 2. The Bertz CT molecular complexity index is 843. The number of rotatable bonds is 6. The summed E-state index contributed by atoms with van der Waals surface area (Å²) < 4.78 is 5.04. The van der Waals surface area contributed by atoms with E-state index in [1.807, 2.05) is 19.1 Å². The van der Waals surface area contributed by atoms with Gasteiger partial charge in [-0.1, -0.05) is 29.8 Å². The molecule has 2 rings (SSSR count). The highest BCUT2D eigenvalue weighted by Crippen LogP contribution is 2.14. The quantitative estimate of drug-likeness (QED) is 0.370. The summed E-state index contributed by atoms with van der Waals surface area (Å²) in [5, 5.41) is 13.4. The molecule has 1 atom stereocenters. The van der Waals surface area contributed by atoms with E-state index >= 15 is 0 Å². The maximum absolute atomic E-state index is 12.0. The van der Waals surface area contributed by atoms with E-state index in [1.165, 1.54) is 31.2 Å². The van der Waals surface area contributed by atoms with Crippen molar-refractivity contribution in [2.45, 2.75) is 20.0 Å². The molecule has 2 aromatic rings. The van der Waals surface area contributed by atoms with Gasteiger partial charge in [-0.25, -0.2) is 4.79 Å². The average Bonchev–Trinajstić information content (AvgIpc) is 2.62. The topological polar surface area (TPSA) is 98.5 Å². The minimum Gasteiger partial charge on any atom is -0.449 e. The van der Waals surface area contributed by atoms with Gasteiger partial charge in [-0.3, -0.25) is 14.9 Å². The van der Waals surface area contributed by atoms with Gasteiger partial charge in [-0.05, 0) is 37.6 Å². The zero-order valence-corrected chi connectivity index (χ0v) is 14.3. The van der Waals surface area contributed by atoms with Gasteiger partial charge in [-0.2, -0.15) is 0 Å². The number of nitro groups is 1. The molecule has 7 nitrogen and oxygen atoms in total. The van der Waals surface area contributed by atoms with Crippen LogP contribution >= 0.6 is 0 Å². The maximum atomic E-state index is 12.0. The zero-order chi connectivity index (χ0) is 19.1. The number of amides is 1. The van der Waals surface area contributed by atoms with Crippen LogP contribution in [0, 0.1) is 17.0 Å². The lowest BCUT2D eigenvalue weighted by Crippen LogP contribution is -2.29. The lowest BCUT2D eigenvalue weighted by Gasteiger charge is -2.12. The molecule has 0 bridgehead atoms. The fourth-order valence-corrected chi connectivity index (χ4v) is 2.05. The third kappa shape index (κ3) is 5.55. The van der Waals surface area contributed by atoms with E-state index < -0.39 is 22.9 Å². The van der Waals surface area contributed by atoms with Crippen LogP contribution in [-0.4, -0.2) is 22.9 Å². The number of carbonyl (C=O) groups excluding carboxylic acids is 2. The van der Waals surface area contributed by atoms with E-state index in [-0.39, 0.29) is 5.69 Å².